The Morgan fingerprint density at radius 2 is 1.58 bits per heavy atom. The van der Waals surface area contributed by atoms with Crippen LogP contribution in [-0.2, 0) is 16.1 Å². The second kappa shape index (κ2) is 10.0. The summed E-state index contributed by atoms with van der Waals surface area (Å²) in [5.41, 5.74) is 2.50. The van der Waals surface area contributed by atoms with Crippen LogP contribution in [0.5, 0.6) is 0 Å². The first-order valence-electron chi connectivity index (χ1n) is 8.21. The van der Waals surface area contributed by atoms with Gasteiger partial charge in [-0.3, -0.25) is 4.79 Å². The number of halogens is 1. The topological polar surface area (TPSA) is 43.4 Å². The zero-order chi connectivity index (χ0) is 18.3. The average Bonchev–Trinajstić information content (AvgIpc) is 2.62. The van der Waals surface area contributed by atoms with Crippen LogP contribution in [-0.4, -0.2) is 43.5 Å². The van der Waals surface area contributed by atoms with Crippen molar-refractivity contribution in [1.82, 2.24) is 0 Å². The Labute approximate surface area is 165 Å². The van der Waals surface area contributed by atoms with Crippen molar-refractivity contribution in [3.05, 3.63) is 83.9 Å². The Balaban J connectivity index is 0.00000338. The maximum atomic E-state index is 12.4. The molecule has 0 amide bonds. The van der Waals surface area contributed by atoms with Crippen molar-refractivity contribution in [2.24, 2.45) is 0 Å². The molecular weight excluding hydrogens is 394 g/mol. The molecule has 138 valence electrons. The van der Waals surface area contributed by atoms with Crippen LogP contribution in [0.25, 0.3) is 0 Å². The molecule has 0 fully saturated rings. The van der Waals surface area contributed by atoms with Gasteiger partial charge in [-0.2, -0.15) is 0 Å². The van der Waals surface area contributed by atoms with Crippen molar-refractivity contribution in [2.45, 2.75) is 6.54 Å². The number of likely N-dealkylation sites (N-methyl/N-ethyl adjacent to an activating group) is 1. The van der Waals surface area contributed by atoms with E-state index in [-0.39, 0.29) is 22.8 Å². The predicted molar refractivity (Wildman–Crippen MR) is 98.2 cm³/mol. The fourth-order valence-electron chi connectivity index (χ4n) is 2.54. The normalized spacial score (nSPS) is 10.5. The van der Waals surface area contributed by atoms with Crippen molar-refractivity contribution in [1.29, 1.82) is 0 Å². The fraction of sp³-hybridized carbons (Fsp3) is 0.238. The summed E-state index contributed by atoms with van der Waals surface area (Å²) in [4.78, 5) is 23.5. The molecule has 4 nitrogen and oxygen atoms in total. The van der Waals surface area contributed by atoms with Crippen LogP contribution >= 0.6 is 0 Å². The number of ether oxygens (including phenoxy) is 1. The molecule has 0 N–H and O–H groups in total. The minimum Gasteiger partial charge on any atom is -1.00 e. The summed E-state index contributed by atoms with van der Waals surface area (Å²) >= 11 is 0. The Morgan fingerprint density at radius 3 is 2.15 bits per heavy atom. The van der Waals surface area contributed by atoms with Crippen molar-refractivity contribution < 1.29 is 35.8 Å². The molecule has 0 bridgehead atoms. The van der Waals surface area contributed by atoms with E-state index in [0.29, 0.717) is 28.8 Å². The molecule has 0 saturated carbocycles. The lowest BCUT2D eigenvalue weighted by atomic mass is 10.0. The summed E-state index contributed by atoms with van der Waals surface area (Å²) in [5.74, 6) is -0.374. The van der Waals surface area contributed by atoms with Crippen LogP contribution in [0.4, 0.5) is 0 Å². The van der Waals surface area contributed by atoms with Gasteiger partial charge >= 0.3 is 5.97 Å². The Hall–Kier alpha value is -2.24. The average molecular weight is 418 g/mol. The monoisotopic (exact) mass is 417 g/mol. The fourth-order valence-corrected chi connectivity index (χ4v) is 2.54. The highest BCUT2D eigenvalue weighted by atomic mass is 79.9. The molecule has 5 heteroatoms. The highest BCUT2D eigenvalue weighted by Crippen LogP contribution is 2.14. The smallest absolute Gasteiger partial charge is 0.330 e. The van der Waals surface area contributed by atoms with E-state index in [2.05, 4.69) is 20.7 Å². The third-order valence-electron chi connectivity index (χ3n) is 3.97. The maximum Gasteiger partial charge on any atom is 0.330 e. The lowest BCUT2D eigenvalue weighted by Crippen LogP contribution is -3.00. The Kier molecular flexibility index (Phi) is 8.42. The number of carbonyl (C=O) groups is 2. The summed E-state index contributed by atoms with van der Waals surface area (Å²) < 4.78 is 5.72. The second-order valence-corrected chi connectivity index (χ2v) is 6.58. The minimum atomic E-state index is -0.399. The standard InChI is InChI=1S/C21H24NO3.BrH/c1-4-20(23)25-15-14-22(2,3)16-17-10-12-19(13-11-17)21(24)18-8-6-5-7-9-18;/h4-13H,1,14-16H2,2-3H3;1H/q+1;/p-1. The maximum absolute atomic E-state index is 12.4. The van der Waals surface area contributed by atoms with Gasteiger partial charge in [0.2, 0.25) is 0 Å². The van der Waals surface area contributed by atoms with Gasteiger partial charge in [-0.15, -0.1) is 0 Å². The molecule has 0 saturated heterocycles. The first kappa shape index (κ1) is 21.8. The van der Waals surface area contributed by atoms with Crippen LogP contribution in [0.3, 0.4) is 0 Å². The van der Waals surface area contributed by atoms with Gasteiger partial charge in [0.1, 0.15) is 19.7 Å². The van der Waals surface area contributed by atoms with E-state index in [9.17, 15) is 9.59 Å². The molecule has 0 unspecified atom stereocenters. The van der Waals surface area contributed by atoms with E-state index < -0.39 is 5.97 Å². The zero-order valence-corrected chi connectivity index (χ0v) is 16.7. The summed E-state index contributed by atoms with van der Waals surface area (Å²) in [6.07, 6.45) is 1.17. The number of carbonyl (C=O) groups excluding carboxylic acids is 2. The van der Waals surface area contributed by atoms with Gasteiger partial charge in [0, 0.05) is 22.8 Å². The molecule has 2 rings (SSSR count). The van der Waals surface area contributed by atoms with Crippen molar-refractivity contribution in [2.75, 3.05) is 27.2 Å². The molecule has 0 heterocycles. The number of benzene rings is 2. The minimum absolute atomic E-state index is 0. The summed E-state index contributed by atoms with van der Waals surface area (Å²) in [5, 5.41) is 0. The van der Waals surface area contributed by atoms with Gasteiger partial charge in [0.25, 0.3) is 0 Å². The SMILES string of the molecule is C=CC(=O)OCC[N+](C)(C)Cc1ccc(C(=O)c2ccccc2)cc1.[Br-]. The molecule has 26 heavy (non-hydrogen) atoms. The number of hydrogen-bond donors (Lipinski definition) is 0. The predicted octanol–water partition coefficient (Wildman–Crippen LogP) is 0.227. The number of esters is 1. The first-order chi connectivity index (χ1) is 11.9. The summed E-state index contributed by atoms with van der Waals surface area (Å²) in [6.45, 7) is 5.21. The van der Waals surface area contributed by atoms with E-state index in [1.54, 1.807) is 0 Å². The van der Waals surface area contributed by atoms with E-state index in [4.69, 9.17) is 4.74 Å². The van der Waals surface area contributed by atoms with Gasteiger partial charge in [-0.05, 0) is 0 Å². The van der Waals surface area contributed by atoms with Gasteiger partial charge < -0.3 is 26.2 Å². The van der Waals surface area contributed by atoms with Crippen LogP contribution < -0.4 is 17.0 Å². The molecule has 2 aromatic carbocycles. The lowest BCUT2D eigenvalue weighted by molar-refractivity contribution is -0.903. The molecule has 0 aromatic heterocycles. The molecule has 0 aliphatic heterocycles. The molecule has 0 atom stereocenters. The van der Waals surface area contributed by atoms with Crippen molar-refractivity contribution >= 4 is 11.8 Å². The zero-order valence-electron chi connectivity index (χ0n) is 15.2. The third kappa shape index (κ3) is 6.58. The van der Waals surface area contributed by atoms with Gasteiger partial charge in [0.15, 0.2) is 5.78 Å². The molecule has 0 spiro atoms. The number of hydrogen-bond acceptors (Lipinski definition) is 3. The molecule has 2 aromatic rings. The molecule has 0 radical (unpaired) electrons. The largest absolute Gasteiger partial charge is 1.00 e. The highest BCUT2D eigenvalue weighted by Gasteiger charge is 2.17. The van der Waals surface area contributed by atoms with Gasteiger partial charge in [-0.1, -0.05) is 61.2 Å². The van der Waals surface area contributed by atoms with Crippen LogP contribution in [0.15, 0.2) is 67.3 Å². The molecule has 0 aliphatic carbocycles. The second-order valence-electron chi connectivity index (χ2n) is 6.58. The summed E-state index contributed by atoms with van der Waals surface area (Å²) in [6, 6.07) is 16.9. The van der Waals surface area contributed by atoms with Crippen molar-refractivity contribution in [3.8, 4) is 0 Å². The third-order valence-corrected chi connectivity index (χ3v) is 3.97. The lowest BCUT2D eigenvalue weighted by Gasteiger charge is -2.29. The van der Waals surface area contributed by atoms with Gasteiger partial charge in [0.05, 0.1) is 14.1 Å². The van der Waals surface area contributed by atoms with E-state index in [1.807, 2.05) is 54.6 Å². The van der Waals surface area contributed by atoms with Crippen LogP contribution in [0.2, 0.25) is 0 Å². The Morgan fingerprint density at radius 1 is 1.00 bits per heavy atom. The number of quaternary nitrogens is 1. The van der Waals surface area contributed by atoms with E-state index in [1.165, 1.54) is 6.08 Å². The highest BCUT2D eigenvalue weighted by molar-refractivity contribution is 6.08. The van der Waals surface area contributed by atoms with E-state index in [0.717, 1.165) is 12.1 Å². The first-order valence-corrected chi connectivity index (χ1v) is 8.21. The molecule has 0 aliphatic rings. The number of ketones is 1. The number of nitrogens with zero attached hydrogens (tertiary/aromatic N) is 1. The number of rotatable bonds is 8. The molecular formula is C21H24BrNO3. The van der Waals surface area contributed by atoms with Crippen molar-refractivity contribution in [3.63, 3.8) is 0 Å². The quantitative estimate of drug-likeness (QED) is 0.267. The van der Waals surface area contributed by atoms with Gasteiger partial charge in [-0.25, -0.2) is 4.79 Å². The van der Waals surface area contributed by atoms with E-state index >= 15 is 0 Å². The van der Waals surface area contributed by atoms with Crippen LogP contribution in [0.1, 0.15) is 21.5 Å². The van der Waals surface area contributed by atoms with Crippen LogP contribution in [0, 0.1) is 0 Å². The summed E-state index contributed by atoms with van der Waals surface area (Å²) in [7, 11) is 4.15. The Bertz CT molecular complexity index is 740.